The molecule has 0 saturated heterocycles. The molecule has 6 nitrogen and oxygen atoms in total. The number of aromatic nitrogens is 1. The molecule has 9 heteroatoms. The van der Waals surface area contributed by atoms with Crippen LogP contribution in [0.3, 0.4) is 0 Å². The molecule has 0 atom stereocenters. The molecule has 1 heterocycles. The van der Waals surface area contributed by atoms with Crippen LogP contribution in [0.4, 0.5) is 0 Å². The van der Waals surface area contributed by atoms with Crippen LogP contribution in [0.2, 0.25) is 10.0 Å². The lowest BCUT2D eigenvalue weighted by atomic mass is 10.1. The van der Waals surface area contributed by atoms with E-state index in [1.54, 1.807) is 16.7 Å². The highest BCUT2D eigenvalue weighted by molar-refractivity contribution is 7.80. The summed E-state index contributed by atoms with van der Waals surface area (Å²) in [5.74, 6) is 0.579. The quantitative estimate of drug-likeness (QED) is 0.252. The first-order chi connectivity index (χ1) is 15.8. The van der Waals surface area contributed by atoms with Crippen LogP contribution >= 0.6 is 35.4 Å². The van der Waals surface area contributed by atoms with Gasteiger partial charge in [0.05, 0.1) is 10.7 Å². The zero-order chi connectivity index (χ0) is 24.0. The molecule has 2 aromatic carbocycles. The minimum absolute atomic E-state index is 0.0513. The van der Waals surface area contributed by atoms with Crippen molar-refractivity contribution in [3.8, 4) is 5.75 Å². The Kier molecular flexibility index (Phi) is 8.49. The predicted octanol–water partition coefficient (Wildman–Crippen LogP) is 5.12. The van der Waals surface area contributed by atoms with Crippen molar-refractivity contribution >= 4 is 46.5 Å². The molecule has 33 heavy (non-hydrogen) atoms. The van der Waals surface area contributed by atoms with Crippen molar-refractivity contribution in [1.82, 2.24) is 4.57 Å². The van der Waals surface area contributed by atoms with Gasteiger partial charge in [-0.1, -0.05) is 54.4 Å². The van der Waals surface area contributed by atoms with Crippen molar-refractivity contribution in [3.63, 3.8) is 0 Å². The van der Waals surface area contributed by atoms with Gasteiger partial charge in [0.2, 0.25) is 5.90 Å². The highest BCUT2D eigenvalue weighted by Crippen LogP contribution is 2.22. The van der Waals surface area contributed by atoms with Crippen LogP contribution in [0.25, 0.3) is 0 Å². The van der Waals surface area contributed by atoms with Gasteiger partial charge in [0.1, 0.15) is 17.4 Å². The standard InChI is InChI=1S/C24H23Cl2N3O3S/c1-2-15-4-3-5-18(12-15)31-14-21-19(25)13-20(26)23(30)29(21)11-10-16-6-8-17(9-7-16)22(27)32-24(28)33/h3-9,12-13,27H,2,10-11,14H2,1H3,(H2,28,33). The number of hydrogen-bond donors (Lipinski definition) is 2. The molecule has 3 N–H and O–H groups in total. The maximum Gasteiger partial charge on any atom is 0.269 e. The monoisotopic (exact) mass is 503 g/mol. The van der Waals surface area contributed by atoms with E-state index >= 15 is 0 Å². The van der Waals surface area contributed by atoms with Gasteiger partial charge in [-0.3, -0.25) is 10.2 Å². The number of rotatable bonds is 8. The highest BCUT2D eigenvalue weighted by Gasteiger charge is 2.14. The number of benzene rings is 2. The number of aryl methyl sites for hydroxylation is 2. The topological polar surface area (TPSA) is 90.3 Å². The molecular formula is C24H23Cl2N3O3S. The fourth-order valence-corrected chi connectivity index (χ4v) is 3.87. The van der Waals surface area contributed by atoms with Crippen LogP contribution in [0.1, 0.15) is 29.3 Å². The van der Waals surface area contributed by atoms with Gasteiger partial charge in [-0.05, 0) is 66.5 Å². The van der Waals surface area contributed by atoms with Gasteiger partial charge in [0.15, 0.2) is 0 Å². The SMILES string of the molecule is CCc1cccc(OCc2c(Cl)cc(Cl)c(=O)n2CCc2ccc(C(=N)OC(N)=S)cc2)c1. The molecule has 0 aliphatic heterocycles. The number of pyridine rings is 1. The molecule has 3 aromatic rings. The Labute approximate surface area is 207 Å². The van der Waals surface area contributed by atoms with Gasteiger partial charge in [-0.25, -0.2) is 0 Å². The highest BCUT2D eigenvalue weighted by atomic mass is 35.5. The van der Waals surface area contributed by atoms with Crippen molar-refractivity contribution in [2.45, 2.75) is 32.9 Å². The average molecular weight is 504 g/mol. The van der Waals surface area contributed by atoms with Crippen LogP contribution < -0.4 is 16.0 Å². The minimum Gasteiger partial charge on any atom is -0.487 e. The van der Waals surface area contributed by atoms with E-state index in [1.165, 1.54) is 6.07 Å². The van der Waals surface area contributed by atoms with E-state index in [0.29, 0.717) is 35.0 Å². The molecule has 0 amide bonds. The maximum atomic E-state index is 12.8. The maximum absolute atomic E-state index is 12.8. The second-order valence-electron chi connectivity index (χ2n) is 7.23. The van der Waals surface area contributed by atoms with Crippen molar-refractivity contribution < 1.29 is 9.47 Å². The number of nitrogens with zero attached hydrogens (tertiary/aromatic N) is 1. The van der Waals surface area contributed by atoms with E-state index in [9.17, 15) is 4.79 Å². The fourth-order valence-electron chi connectivity index (χ4n) is 3.25. The zero-order valence-electron chi connectivity index (χ0n) is 17.9. The van der Waals surface area contributed by atoms with Crippen LogP contribution in [-0.4, -0.2) is 15.6 Å². The zero-order valence-corrected chi connectivity index (χ0v) is 20.3. The first-order valence-corrected chi connectivity index (χ1v) is 11.4. The lowest BCUT2D eigenvalue weighted by molar-refractivity contribution is 0.292. The Hall–Kier alpha value is -2.87. The molecule has 0 aliphatic rings. The summed E-state index contributed by atoms with van der Waals surface area (Å²) >= 11 is 17.2. The Morgan fingerprint density at radius 2 is 1.82 bits per heavy atom. The molecule has 1 aromatic heterocycles. The molecule has 172 valence electrons. The van der Waals surface area contributed by atoms with Crippen LogP contribution in [-0.2, 0) is 30.7 Å². The number of halogens is 2. The molecule has 0 radical (unpaired) electrons. The van der Waals surface area contributed by atoms with Crippen LogP contribution in [0, 0.1) is 5.41 Å². The molecule has 0 spiro atoms. The van der Waals surface area contributed by atoms with Crippen molar-refractivity contribution in [3.05, 3.63) is 97.4 Å². The molecule has 0 fully saturated rings. The summed E-state index contributed by atoms with van der Waals surface area (Å²) in [5.41, 5.74) is 8.18. The summed E-state index contributed by atoms with van der Waals surface area (Å²) in [6, 6.07) is 16.4. The number of ether oxygens (including phenoxy) is 2. The van der Waals surface area contributed by atoms with E-state index in [1.807, 2.05) is 36.4 Å². The van der Waals surface area contributed by atoms with Gasteiger partial charge in [-0.15, -0.1) is 0 Å². The first-order valence-electron chi connectivity index (χ1n) is 10.2. The smallest absolute Gasteiger partial charge is 0.269 e. The second-order valence-corrected chi connectivity index (χ2v) is 8.45. The third-order valence-electron chi connectivity index (χ3n) is 5.03. The third kappa shape index (κ3) is 6.57. The predicted molar refractivity (Wildman–Crippen MR) is 136 cm³/mol. The summed E-state index contributed by atoms with van der Waals surface area (Å²) in [5, 5.41) is 8.04. The molecular weight excluding hydrogens is 481 g/mol. The van der Waals surface area contributed by atoms with Crippen molar-refractivity contribution in [1.29, 1.82) is 5.41 Å². The number of thiocarbonyl (C=S) groups is 1. The normalized spacial score (nSPS) is 10.6. The Morgan fingerprint density at radius 3 is 2.48 bits per heavy atom. The average Bonchev–Trinajstić information content (AvgIpc) is 2.79. The van der Waals surface area contributed by atoms with E-state index in [-0.39, 0.29) is 28.3 Å². The molecule has 0 bridgehead atoms. The van der Waals surface area contributed by atoms with Crippen molar-refractivity contribution in [2.75, 3.05) is 0 Å². The first kappa shape index (κ1) is 24.8. The lowest BCUT2D eigenvalue weighted by Gasteiger charge is -2.16. The molecule has 3 rings (SSSR count). The summed E-state index contributed by atoms with van der Waals surface area (Å²) in [4.78, 5) is 12.8. The Morgan fingerprint density at radius 1 is 1.09 bits per heavy atom. The van der Waals surface area contributed by atoms with Crippen LogP contribution in [0.5, 0.6) is 5.75 Å². The van der Waals surface area contributed by atoms with E-state index in [0.717, 1.165) is 17.5 Å². The number of nitrogens with one attached hydrogen (secondary N) is 1. The van der Waals surface area contributed by atoms with E-state index in [2.05, 4.69) is 19.1 Å². The van der Waals surface area contributed by atoms with Gasteiger partial charge in [0, 0.05) is 12.1 Å². The van der Waals surface area contributed by atoms with E-state index < -0.39 is 0 Å². The van der Waals surface area contributed by atoms with Gasteiger partial charge in [-0.2, -0.15) is 0 Å². The summed E-state index contributed by atoms with van der Waals surface area (Å²) < 4.78 is 12.4. The minimum atomic E-state index is -0.328. The molecule has 0 unspecified atom stereocenters. The second kappa shape index (κ2) is 11.3. The number of hydrogen-bond acceptors (Lipinski definition) is 5. The number of nitrogens with two attached hydrogens (primary N) is 1. The molecule has 0 aliphatic carbocycles. The largest absolute Gasteiger partial charge is 0.487 e. The van der Waals surface area contributed by atoms with Gasteiger partial charge in [0.25, 0.3) is 10.7 Å². The third-order valence-corrected chi connectivity index (χ3v) is 5.71. The van der Waals surface area contributed by atoms with Gasteiger partial charge < -0.3 is 19.8 Å². The fraction of sp³-hybridized carbons (Fsp3) is 0.208. The summed E-state index contributed by atoms with van der Waals surface area (Å²) in [6.07, 6.45) is 1.44. The van der Waals surface area contributed by atoms with Gasteiger partial charge >= 0.3 is 0 Å². The van der Waals surface area contributed by atoms with Crippen molar-refractivity contribution in [2.24, 2.45) is 5.73 Å². The Balaban J connectivity index is 1.77. The van der Waals surface area contributed by atoms with E-state index in [4.69, 9.17) is 43.8 Å². The lowest BCUT2D eigenvalue weighted by Crippen LogP contribution is -2.26. The summed E-state index contributed by atoms with van der Waals surface area (Å²) in [6.45, 7) is 2.56. The molecule has 0 saturated carbocycles. The Bertz CT molecular complexity index is 1230. The summed E-state index contributed by atoms with van der Waals surface area (Å²) in [7, 11) is 0. The van der Waals surface area contributed by atoms with Crippen LogP contribution in [0.15, 0.2) is 59.4 Å².